The Labute approximate surface area is 194 Å². The van der Waals surface area contributed by atoms with E-state index in [1.165, 1.54) is 9.75 Å². The van der Waals surface area contributed by atoms with Gasteiger partial charge in [0.15, 0.2) is 5.96 Å². The summed E-state index contributed by atoms with van der Waals surface area (Å²) in [6.45, 7) is 6.19. The SMILES string of the molecule is CCNC(=NCc1ccc(S(=O)(=O)NC2CC2)cc1)NCc1ccc(CC)s1.I. The number of sulfonamides is 1. The normalized spacial score (nSPS) is 14.3. The van der Waals surface area contributed by atoms with Gasteiger partial charge in [-0.05, 0) is 56.0 Å². The third-order valence-corrected chi connectivity index (χ3v) is 7.16. The Hall–Kier alpha value is -1.17. The van der Waals surface area contributed by atoms with Gasteiger partial charge in [0.2, 0.25) is 10.0 Å². The predicted molar refractivity (Wildman–Crippen MR) is 131 cm³/mol. The van der Waals surface area contributed by atoms with Crippen molar-refractivity contribution in [1.29, 1.82) is 0 Å². The van der Waals surface area contributed by atoms with E-state index in [0.29, 0.717) is 11.4 Å². The highest BCUT2D eigenvalue weighted by Crippen LogP contribution is 2.22. The smallest absolute Gasteiger partial charge is 0.240 e. The van der Waals surface area contributed by atoms with Crippen molar-refractivity contribution in [3.05, 3.63) is 51.7 Å². The van der Waals surface area contributed by atoms with Crippen LogP contribution in [-0.2, 0) is 29.5 Å². The molecule has 0 atom stereocenters. The summed E-state index contributed by atoms with van der Waals surface area (Å²) in [6, 6.07) is 11.4. The third-order valence-electron chi connectivity index (χ3n) is 4.39. The van der Waals surface area contributed by atoms with E-state index in [1.54, 1.807) is 12.1 Å². The molecule has 0 spiro atoms. The quantitative estimate of drug-likeness (QED) is 0.254. The average Bonchev–Trinajstić information content (AvgIpc) is 3.37. The number of aliphatic imine (C=N–C) groups is 1. The molecule has 0 radical (unpaired) electrons. The van der Waals surface area contributed by atoms with Gasteiger partial charge in [0, 0.05) is 22.3 Å². The Balaban J connectivity index is 0.00000300. The van der Waals surface area contributed by atoms with Crippen molar-refractivity contribution in [2.75, 3.05) is 6.54 Å². The average molecular weight is 549 g/mol. The minimum Gasteiger partial charge on any atom is -0.357 e. The Morgan fingerprint density at radius 2 is 1.76 bits per heavy atom. The number of thiophene rings is 1. The Morgan fingerprint density at radius 1 is 1.07 bits per heavy atom. The van der Waals surface area contributed by atoms with Crippen LogP contribution in [0.4, 0.5) is 0 Å². The number of halogens is 1. The van der Waals surface area contributed by atoms with E-state index in [4.69, 9.17) is 0 Å². The van der Waals surface area contributed by atoms with Crippen LogP contribution in [0.2, 0.25) is 0 Å². The summed E-state index contributed by atoms with van der Waals surface area (Å²) in [6.07, 6.45) is 2.91. The number of nitrogens with one attached hydrogen (secondary N) is 3. The molecule has 3 rings (SSSR count). The van der Waals surface area contributed by atoms with E-state index >= 15 is 0 Å². The highest BCUT2D eigenvalue weighted by molar-refractivity contribution is 14.0. The largest absolute Gasteiger partial charge is 0.357 e. The molecule has 2 aromatic rings. The molecule has 1 aliphatic rings. The van der Waals surface area contributed by atoms with E-state index in [-0.39, 0.29) is 30.0 Å². The molecule has 1 heterocycles. The van der Waals surface area contributed by atoms with Gasteiger partial charge >= 0.3 is 0 Å². The fourth-order valence-corrected chi connectivity index (χ4v) is 4.86. The van der Waals surface area contributed by atoms with Gasteiger partial charge in [-0.15, -0.1) is 35.3 Å². The fourth-order valence-electron chi connectivity index (χ4n) is 2.65. The molecule has 1 aliphatic carbocycles. The summed E-state index contributed by atoms with van der Waals surface area (Å²) in [7, 11) is -3.40. The second-order valence-corrected chi connectivity index (χ2v) is 9.78. The van der Waals surface area contributed by atoms with Crippen molar-refractivity contribution >= 4 is 51.3 Å². The van der Waals surface area contributed by atoms with Gasteiger partial charge in [-0.25, -0.2) is 18.1 Å². The van der Waals surface area contributed by atoms with Crippen molar-refractivity contribution in [2.45, 2.75) is 57.1 Å². The zero-order valence-corrected chi connectivity index (χ0v) is 20.7. The number of guanidine groups is 1. The molecule has 0 unspecified atom stereocenters. The van der Waals surface area contributed by atoms with Crippen LogP contribution >= 0.6 is 35.3 Å². The molecule has 3 N–H and O–H groups in total. The van der Waals surface area contributed by atoms with Crippen molar-refractivity contribution in [3.63, 3.8) is 0 Å². The van der Waals surface area contributed by atoms with Gasteiger partial charge in [-0.3, -0.25) is 0 Å². The van der Waals surface area contributed by atoms with E-state index < -0.39 is 10.0 Å². The minimum atomic E-state index is -3.40. The Morgan fingerprint density at radius 3 is 2.34 bits per heavy atom. The zero-order valence-electron chi connectivity index (χ0n) is 16.8. The zero-order chi connectivity index (χ0) is 20.0. The molecule has 0 aliphatic heterocycles. The summed E-state index contributed by atoms with van der Waals surface area (Å²) in [5, 5.41) is 6.60. The Bertz CT molecular complexity index is 907. The van der Waals surface area contributed by atoms with Crippen LogP contribution in [-0.4, -0.2) is 27.0 Å². The van der Waals surface area contributed by atoms with Crippen LogP contribution in [0.25, 0.3) is 0 Å². The van der Waals surface area contributed by atoms with Gasteiger partial charge in [0.1, 0.15) is 0 Å². The summed E-state index contributed by atoms with van der Waals surface area (Å²) >= 11 is 1.81. The van der Waals surface area contributed by atoms with Crippen molar-refractivity contribution in [1.82, 2.24) is 15.4 Å². The van der Waals surface area contributed by atoms with Crippen LogP contribution in [0.5, 0.6) is 0 Å². The number of hydrogen-bond donors (Lipinski definition) is 3. The maximum Gasteiger partial charge on any atom is 0.240 e. The standard InChI is InChI=1S/C20H28N4O2S2.HI/c1-3-17-9-10-18(27-17)14-23-20(21-4-2)22-13-15-5-11-19(12-6-15)28(25,26)24-16-7-8-16;/h5-6,9-12,16,24H,3-4,7-8,13-14H2,1-2H3,(H2,21,22,23);1H. The molecular formula is C20H29IN4O2S2. The molecule has 1 aromatic carbocycles. The van der Waals surface area contributed by atoms with Gasteiger partial charge in [-0.2, -0.15) is 0 Å². The number of aryl methyl sites for hydroxylation is 1. The maximum atomic E-state index is 12.2. The molecule has 0 bridgehead atoms. The van der Waals surface area contributed by atoms with E-state index in [9.17, 15) is 8.42 Å². The lowest BCUT2D eigenvalue weighted by Gasteiger charge is -2.11. The number of benzene rings is 1. The maximum absolute atomic E-state index is 12.2. The van der Waals surface area contributed by atoms with E-state index in [2.05, 4.69) is 39.4 Å². The van der Waals surface area contributed by atoms with Crippen molar-refractivity contribution in [2.24, 2.45) is 4.99 Å². The van der Waals surface area contributed by atoms with Crippen molar-refractivity contribution in [3.8, 4) is 0 Å². The number of nitrogens with zero attached hydrogens (tertiary/aromatic N) is 1. The second-order valence-electron chi connectivity index (χ2n) is 6.81. The van der Waals surface area contributed by atoms with Gasteiger partial charge in [0.25, 0.3) is 0 Å². The first-order chi connectivity index (χ1) is 13.5. The summed E-state index contributed by atoms with van der Waals surface area (Å²) in [5.41, 5.74) is 0.965. The highest BCUT2D eigenvalue weighted by Gasteiger charge is 2.27. The molecule has 160 valence electrons. The lowest BCUT2D eigenvalue weighted by atomic mass is 10.2. The Kier molecular flexibility index (Phi) is 9.38. The molecule has 1 aromatic heterocycles. The summed E-state index contributed by atoms with van der Waals surface area (Å²) in [4.78, 5) is 7.57. The lowest BCUT2D eigenvalue weighted by Crippen LogP contribution is -2.36. The van der Waals surface area contributed by atoms with Crippen LogP contribution in [0, 0.1) is 0 Å². The monoisotopic (exact) mass is 548 g/mol. The molecular weight excluding hydrogens is 519 g/mol. The molecule has 1 fully saturated rings. The van der Waals surface area contributed by atoms with Crippen LogP contribution in [0.3, 0.4) is 0 Å². The van der Waals surface area contributed by atoms with Crippen LogP contribution in [0.15, 0.2) is 46.3 Å². The fraction of sp³-hybridized carbons (Fsp3) is 0.450. The van der Waals surface area contributed by atoms with E-state index in [1.807, 2.05) is 30.4 Å². The minimum absolute atomic E-state index is 0. The topological polar surface area (TPSA) is 82.6 Å². The summed E-state index contributed by atoms with van der Waals surface area (Å²) < 4.78 is 27.2. The lowest BCUT2D eigenvalue weighted by molar-refractivity contribution is 0.581. The van der Waals surface area contributed by atoms with Crippen LogP contribution < -0.4 is 15.4 Å². The molecule has 0 amide bonds. The first-order valence-corrected chi connectivity index (χ1v) is 12.0. The first-order valence-electron chi connectivity index (χ1n) is 9.71. The van der Waals surface area contributed by atoms with Gasteiger partial charge in [0.05, 0.1) is 18.0 Å². The highest BCUT2D eigenvalue weighted by atomic mass is 127. The summed E-state index contributed by atoms with van der Waals surface area (Å²) in [5.74, 6) is 0.751. The molecule has 6 nitrogen and oxygen atoms in total. The second kappa shape index (κ2) is 11.3. The van der Waals surface area contributed by atoms with Gasteiger partial charge in [-0.1, -0.05) is 19.1 Å². The van der Waals surface area contributed by atoms with E-state index in [0.717, 1.165) is 43.9 Å². The van der Waals surface area contributed by atoms with Crippen molar-refractivity contribution < 1.29 is 8.42 Å². The number of rotatable bonds is 9. The molecule has 1 saturated carbocycles. The molecule has 9 heteroatoms. The van der Waals surface area contributed by atoms with Gasteiger partial charge < -0.3 is 10.6 Å². The van der Waals surface area contributed by atoms with Crippen LogP contribution in [0.1, 0.15) is 42.0 Å². The molecule has 0 saturated heterocycles. The third kappa shape index (κ3) is 7.54. The number of hydrogen-bond acceptors (Lipinski definition) is 4. The molecule has 29 heavy (non-hydrogen) atoms. The first kappa shape index (κ1) is 24.1. The predicted octanol–water partition coefficient (Wildman–Crippen LogP) is 3.62.